The van der Waals surface area contributed by atoms with E-state index in [0.717, 1.165) is 18.5 Å². The third-order valence-corrected chi connectivity index (χ3v) is 2.46. The van der Waals surface area contributed by atoms with E-state index < -0.39 is 11.0 Å². The number of nitriles is 1. The molecule has 0 saturated carbocycles. The summed E-state index contributed by atoms with van der Waals surface area (Å²) in [5, 5.41) is 22.8. The summed E-state index contributed by atoms with van der Waals surface area (Å²) < 4.78 is 5.27. The van der Waals surface area contributed by atoms with E-state index in [0.29, 0.717) is 6.54 Å². The average molecular weight is 263 g/mol. The zero-order chi connectivity index (χ0) is 14.3. The number of hydrogen-bond acceptors (Lipinski definition) is 5. The highest BCUT2D eigenvalue weighted by Gasteiger charge is 2.17. The first-order valence-corrected chi connectivity index (χ1v) is 6.12. The highest BCUT2D eigenvalue weighted by Crippen LogP contribution is 2.28. The molecule has 0 aliphatic rings. The van der Waals surface area contributed by atoms with Gasteiger partial charge >= 0.3 is 5.69 Å². The van der Waals surface area contributed by atoms with Gasteiger partial charge in [0, 0.05) is 12.6 Å². The molecule has 6 nitrogen and oxygen atoms in total. The van der Waals surface area contributed by atoms with Gasteiger partial charge in [-0.15, -0.1) is 0 Å². The molecule has 102 valence electrons. The summed E-state index contributed by atoms with van der Waals surface area (Å²) in [5.74, 6) is 0.134. The van der Waals surface area contributed by atoms with Crippen molar-refractivity contribution < 1.29 is 9.66 Å². The Morgan fingerprint density at radius 3 is 2.89 bits per heavy atom. The van der Waals surface area contributed by atoms with E-state index in [-0.39, 0.29) is 11.4 Å². The van der Waals surface area contributed by atoms with E-state index in [9.17, 15) is 10.1 Å². The lowest BCUT2D eigenvalue weighted by atomic mass is 10.2. The molecule has 0 radical (unpaired) electrons. The van der Waals surface area contributed by atoms with Crippen molar-refractivity contribution in [1.29, 1.82) is 5.26 Å². The van der Waals surface area contributed by atoms with Gasteiger partial charge in [-0.05, 0) is 31.5 Å². The Kier molecular flexibility index (Phi) is 5.76. The van der Waals surface area contributed by atoms with Gasteiger partial charge in [0.05, 0.1) is 4.92 Å². The monoisotopic (exact) mass is 263 g/mol. The number of rotatable bonds is 7. The summed E-state index contributed by atoms with van der Waals surface area (Å²) in [7, 11) is 0. The van der Waals surface area contributed by atoms with Crippen LogP contribution < -0.4 is 10.1 Å². The largest absolute Gasteiger partial charge is 0.469 e. The number of ether oxygens (including phenoxy) is 1. The molecule has 1 aromatic rings. The number of nitro benzene ring substituents is 1. The first-order valence-electron chi connectivity index (χ1n) is 6.12. The second-order valence-electron chi connectivity index (χ2n) is 4.13. The van der Waals surface area contributed by atoms with Gasteiger partial charge in [0.25, 0.3) is 0 Å². The van der Waals surface area contributed by atoms with Gasteiger partial charge in [-0.1, -0.05) is 13.0 Å². The van der Waals surface area contributed by atoms with E-state index in [2.05, 4.69) is 12.2 Å². The molecule has 0 fully saturated rings. The smallest absolute Gasteiger partial charge is 0.310 e. The van der Waals surface area contributed by atoms with Crippen LogP contribution in [0.25, 0.3) is 0 Å². The van der Waals surface area contributed by atoms with Crippen LogP contribution >= 0.6 is 0 Å². The van der Waals surface area contributed by atoms with Crippen LogP contribution in [0.1, 0.15) is 25.8 Å². The molecule has 1 atom stereocenters. The van der Waals surface area contributed by atoms with Gasteiger partial charge in [0.2, 0.25) is 0 Å². The van der Waals surface area contributed by atoms with Crippen molar-refractivity contribution >= 4 is 5.69 Å². The van der Waals surface area contributed by atoms with Crippen LogP contribution in [0.15, 0.2) is 18.2 Å². The van der Waals surface area contributed by atoms with Crippen LogP contribution in [0.3, 0.4) is 0 Å². The number of hydrogen-bond donors (Lipinski definition) is 1. The summed E-state index contributed by atoms with van der Waals surface area (Å²) in [5.41, 5.74) is 0.764. The van der Waals surface area contributed by atoms with E-state index in [1.165, 1.54) is 6.07 Å². The fraction of sp³-hybridized carbons (Fsp3) is 0.462. The third kappa shape index (κ3) is 4.56. The van der Waals surface area contributed by atoms with Crippen molar-refractivity contribution in [2.45, 2.75) is 32.9 Å². The summed E-state index contributed by atoms with van der Waals surface area (Å²) in [6.45, 7) is 5.10. The minimum absolute atomic E-state index is 0.124. The molecular weight excluding hydrogens is 246 g/mol. The topological polar surface area (TPSA) is 88.2 Å². The molecule has 19 heavy (non-hydrogen) atoms. The number of nitro groups is 1. The summed E-state index contributed by atoms with van der Waals surface area (Å²) in [4.78, 5) is 10.4. The van der Waals surface area contributed by atoms with Crippen molar-refractivity contribution in [3.05, 3.63) is 33.9 Å². The maximum atomic E-state index is 10.9. The fourth-order valence-corrected chi connectivity index (χ4v) is 1.54. The molecule has 0 heterocycles. The SMILES string of the molecule is CCCNCc1ccc([N+](=O)[O-])c(OC(C)C#N)c1. The van der Waals surface area contributed by atoms with Crippen molar-refractivity contribution in [1.82, 2.24) is 5.32 Å². The second-order valence-corrected chi connectivity index (χ2v) is 4.13. The minimum atomic E-state index is -0.724. The minimum Gasteiger partial charge on any atom is -0.469 e. The zero-order valence-electron chi connectivity index (χ0n) is 11.0. The number of benzene rings is 1. The van der Waals surface area contributed by atoms with Gasteiger partial charge < -0.3 is 10.1 Å². The Balaban J connectivity index is 2.91. The molecule has 0 aromatic heterocycles. The molecule has 1 aromatic carbocycles. The molecule has 0 bridgehead atoms. The first kappa shape index (κ1) is 14.9. The normalized spacial score (nSPS) is 11.6. The van der Waals surface area contributed by atoms with Crippen LogP contribution in [0.5, 0.6) is 5.75 Å². The average Bonchev–Trinajstić information content (AvgIpc) is 2.38. The van der Waals surface area contributed by atoms with Crippen LogP contribution in [0, 0.1) is 21.4 Å². The lowest BCUT2D eigenvalue weighted by molar-refractivity contribution is -0.386. The Morgan fingerprint density at radius 1 is 1.58 bits per heavy atom. The van der Waals surface area contributed by atoms with Crippen LogP contribution in [0.4, 0.5) is 5.69 Å². The summed E-state index contributed by atoms with van der Waals surface area (Å²) >= 11 is 0. The van der Waals surface area contributed by atoms with Gasteiger partial charge in [0.15, 0.2) is 11.9 Å². The molecule has 0 amide bonds. The molecule has 0 aliphatic carbocycles. The van der Waals surface area contributed by atoms with Crippen LogP contribution in [-0.4, -0.2) is 17.6 Å². The van der Waals surface area contributed by atoms with E-state index >= 15 is 0 Å². The quantitative estimate of drug-likeness (QED) is 0.463. The van der Waals surface area contributed by atoms with Crippen LogP contribution in [-0.2, 0) is 6.54 Å². The molecule has 1 unspecified atom stereocenters. The Hall–Kier alpha value is -2.13. The molecular formula is C13H17N3O3. The molecule has 0 spiro atoms. The zero-order valence-corrected chi connectivity index (χ0v) is 11.0. The molecule has 0 aliphatic heterocycles. The fourth-order valence-electron chi connectivity index (χ4n) is 1.54. The van der Waals surface area contributed by atoms with Gasteiger partial charge in [-0.3, -0.25) is 10.1 Å². The first-order chi connectivity index (χ1) is 9.08. The Morgan fingerprint density at radius 2 is 2.32 bits per heavy atom. The standard InChI is InChI=1S/C13H17N3O3/c1-3-6-15-9-11-4-5-12(16(17)18)13(7-11)19-10(2)8-14/h4-5,7,10,15H,3,6,9H2,1-2H3. The molecule has 6 heteroatoms. The number of nitrogens with one attached hydrogen (secondary N) is 1. The predicted molar refractivity (Wildman–Crippen MR) is 70.8 cm³/mol. The maximum Gasteiger partial charge on any atom is 0.310 e. The van der Waals surface area contributed by atoms with Crippen molar-refractivity contribution in [3.63, 3.8) is 0 Å². The second kappa shape index (κ2) is 7.34. The van der Waals surface area contributed by atoms with Crippen molar-refractivity contribution in [2.24, 2.45) is 0 Å². The number of nitrogens with zero attached hydrogens (tertiary/aromatic N) is 2. The van der Waals surface area contributed by atoms with E-state index in [1.807, 2.05) is 6.07 Å². The van der Waals surface area contributed by atoms with Gasteiger partial charge in [0.1, 0.15) is 6.07 Å². The lowest BCUT2D eigenvalue weighted by Crippen LogP contribution is -2.14. The van der Waals surface area contributed by atoms with Gasteiger partial charge in [-0.25, -0.2) is 0 Å². The third-order valence-electron chi connectivity index (χ3n) is 2.46. The molecule has 1 N–H and O–H groups in total. The summed E-state index contributed by atoms with van der Waals surface area (Å²) in [6, 6.07) is 6.59. The Labute approximate surface area is 112 Å². The predicted octanol–water partition coefficient (Wildman–Crippen LogP) is 2.39. The highest BCUT2D eigenvalue weighted by atomic mass is 16.6. The van der Waals surface area contributed by atoms with Crippen molar-refractivity contribution in [3.8, 4) is 11.8 Å². The molecule has 1 rings (SSSR count). The van der Waals surface area contributed by atoms with E-state index in [1.54, 1.807) is 19.1 Å². The lowest BCUT2D eigenvalue weighted by Gasteiger charge is -2.10. The Bertz CT molecular complexity index is 483. The van der Waals surface area contributed by atoms with E-state index in [4.69, 9.17) is 10.00 Å². The summed E-state index contributed by atoms with van der Waals surface area (Å²) in [6.07, 6.45) is 0.291. The van der Waals surface area contributed by atoms with Gasteiger partial charge in [-0.2, -0.15) is 5.26 Å². The maximum absolute atomic E-state index is 10.9. The van der Waals surface area contributed by atoms with Crippen molar-refractivity contribution in [2.75, 3.05) is 6.54 Å². The highest BCUT2D eigenvalue weighted by molar-refractivity contribution is 5.48. The molecule has 0 saturated heterocycles. The van der Waals surface area contributed by atoms with Crippen LogP contribution in [0.2, 0.25) is 0 Å².